The number of hydrogen-bond donors (Lipinski definition) is 2. The molecule has 12 nitrogen and oxygen atoms in total. The maximum atomic E-state index is 14.2. The van der Waals surface area contributed by atoms with E-state index in [4.69, 9.17) is 23.7 Å². The minimum atomic E-state index is -2.47. The number of amides is 1. The van der Waals surface area contributed by atoms with Gasteiger partial charge >= 0.3 is 5.97 Å². The molecule has 310 valence electrons. The number of carbonyl (C=O) groups excluding carboxylic acids is 4. The Bertz CT molecular complexity index is 1440. The van der Waals surface area contributed by atoms with Gasteiger partial charge in [-0.3, -0.25) is 14.4 Å². The van der Waals surface area contributed by atoms with Crippen LogP contribution in [0, 0.1) is 29.6 Å². The van der Waals surface area contributed by atoms with Crippen LogP contribution in [0.2, 0.25) is 0 Å². The van der Waals surface area contributed by atoms with E-state index in [-0.39, 0.29) is 49.0 Å². The lowest BCUT2D eigenvalue weighted by atomic mass is 9.82. The van der Waals surface area contributed by atoms with Crippen LogP contribution in [0.1, 0.15) is 106 Å². The minimum Gasteiger partial charge on any atom is -0.456 e. The number of nitrogens with zero attached hydrogens (tertiary/aromatic N) is 1. The van der Waals surface area contributed by atoms with Crippen molar-refractivity contribution in [2.75, 3.05) is 27.9 Å². The number of esters is 1. The molecule has 1 aliphatic carbocycles. The van der Waals surface area contributed by atoms with Gasteiger partial charge in [0.25, 0.3) is 11.7 Å². The normalized spacial score (nSPS) is 41.0. The quantitative estimate of drug-likeness (QED) is 0.206. The van der Waals surface area contributed by atoms with Crippen molar-refractivity contribution in [1.82, 2.24) is 4.90 Å². The summed E-state index contributed by atoms with van der Waals surface area (Å²) >= 11 is 0. The number of carbonyl (C=O) groups is 4. The average molecular weight is 774 g/mol. The maximum absolute atomic E-state index is 14.2. The molecule has 1 amide bonds. The number of piperidine rings is 1. The topological polar surface area (TPSA) is 158 Å². The minimum absolute atomic E-state index is 0.0487. The van der Waals surface area contributed by atoms with Crippen molar-refractivity contribution >= 4 is 23.4 Å². The molecule has 4 aliphatic rings. The highest BCUT2D eigenvalue weighted by molar-refractivity contribution is 6.39. The fourth-order valence-electron chi connectivity index (χ4n) is 9.08. The molecule has 2 bridgehead atoms. The SMILES string of the molecule is CC[C@@H]1/C=C(\C)C[C@H](C)C[C@@H](OC)[C@H]2O[C@@](O)(C(=O)C(=O)N3CCCC[C@H]3C(=O)O[C@@H](/C(C)=C/[C@@H]3CC[C@@H](O)[C@H](OC)C3)[C@H](C)/C=C/C1=O)[C@H](C)C[C@@H]2OC. The number of aliphatic hydroxyl groups is 2. The number of methoxy groups -OCH3 is 3. The molecule has 3 heterocycles. The van der Waals surface area contributed by atoms with Crippen LogP contribution in [0.5, 0.6) is 0 Å². The van der Waals surface area contributed by atoms with Crippen LogP contribution in [0.25, 0.3) is 0 Å². The first-order chi connectivity index (χ1) is 26.1. The summed E-state index contributed by atoms with van der Waals surface area (Å²) in [5, 5.41) is 22.4. The zero-order valence-corrected chi connectivity index (χ0v) is 34.5. The van der Waals surface area contributed by atoms with Gasteiger partial charge in [-0.15, -0.1) is 0 Å². The van der Waals surface area contributed by atoms with Gasteiger partial charge in [-0.25, -0.2) is 4.79 Å². The maximum Gasteiger partial charge on any atom is 0.329 e. The fourth-order valence-corrected chi connectivity index (χ4v) is 9.08. The summed E-state index contributed by atoms with van der Waals surface area (Å²) in [5.41, 5.74) is 1.82. The summed E-state index contributed by atoms with van der Waals surface area (Å²) in [6.45, 7) is 11.6. The van der Waals surface area contributed by atoms with E-state index in [1.54, 1.807) is 40.4 Å². The van der Waals surface area contributed by atoms with Crippen molar-refractivity contribution < 1.29 is 53.1 Å². The van der Waals surface area contributed by atoms with E-state index < -0.39 is 71.8 Å². The lowest BCUT2D eigenvalue weighted by Crippen LogP contribution is -2.64. The summed E-state index contributed by atoms with van der Waals surface area (Å²) in [4.78, 5) is 57.5. The highest BCUT2D eigenvalue weighted by Crippen LogP contribution is 2.39. The van der Waals surface area contributed by atoms with E-state index in [1.807, 2.05) is 33.8 Å². The molecule has 0 radical (unpaired) electrons. The fraction of sp³-hybridized carbons (Fsp3) is 0.767. The van der Waals surface area contributed by atoms with Crippen molar-refractivity contribution in [3.05, 3.63) is 35.5 Å². The number of Topliss-reactive ketones (excluding diaryl/α,β-unsaturated/α-hetero) is 1. The van der Waals surface area contributed by atoms with Crippen LogP contribution in [-0.4, -0.2) is 115 Å². The number of rotatable bonds is 6. The van der Waals surface area contributed by atoms with Gasteiger partial charge < -0.3 is 38.8 Å². The second kappa shape index (κ2) is 20.1. The zero-order valence-electron chi connectivity index (χ0n) is 34.5. The highest BCUT2D eigenvalue weighted by atomic mass is 16.7. The van der Waals surface area contributed by atoms with E-state index in [9.17, 15) is 29.4 Å². The lowest BCUT2D eigenvalue weighted by Gasteiger charge is -2.47. The molecule has 2 saturated heterocycles. The molecule has 0 spiro atoms. The van der Waals surface area contributed by atoms with Gasteiger partial charge in [0.1, 0.15) is 18.2 Å². The number of aliphatic hydroxyl groups excluding tert-OH is 1. The predicted molar refractivity (Wildman–Crippen MR) is 207 cm³/mol. The Hall–Kier alpha value is -2.74. The second-order valence-corrected chi connectivity index (χ2v) is 16.7. The number of fused-ring (bicyclic) bond motifs is 3. The average Bonchev–Trinajstić information content (AvgIpc) is 3.17. The molecule has 55 heavy (non-hydrogen) atoms. The number of cyclic esters (lactones) is 1. The number of ketones is 2. The van der Waals surface area contributed by atoms with Crippen LogP contribution >= 0.6 is 0 Å². The van der Waals surface area contributed by atoms with E-state index >= 15 is 0 Å². The van der Waals surface area contributed by atoms with Crippen molar-refractivity contribution in [2.24, 2.45) is 29.6 Å². The molecule has 0 aromatic rings. The number of ether oxygens (including phenoxy) is 5. The zero-order chi connectivity index (χ0) is 40.6. The van der Waals surface area contributed by atoms with E-state index in [2.05, 4.69) is 13.0 Å². The Morgan fingerprint density at radius 2 is 1.64 bits per heavy atom. The molecule has 1 saturated carbocycles. The van der Waals surface area contributed by atoms with Crippen molar-refractivity contribution in [3.8, 4) is 0 Å². The molecular formula is C43H67NO11. The number of allylic oxidation sites excluding steroid dienone is 4. The predicted octanol–water partition coefficient (Wildman–Crippen LogP) is 5.28. The summed E-state index contributed by atoms with van der Waals surface area (Å²) in [6, 6.07) is -1.06. The molecule has 13 atom stereocenters. The van der Waals surface area contributed by atoms with E-state index in [0.29, 0.717) is 44.9 Å². The van der Waals surface area contributed by atoms with Gasteiger partial charge in [-0.05, 0) is 102 Å². The van der Waals surface area contributed by atoms with E-state index in [0.717, 1.165) is 17.6 Å². The third-order valence-corrected chi connectivity index (χ3v) is 12.4. The molecule has 2 N–H and O–H groups in total. The van der Waals surface area contributed by atoms with E-state index in [1.165, 1.54) is 4.90 Å². The summed E-state index contributed by atoms with van der Waals surface area (Å²) in [5.74, 6) is -6.74. The molecular weight excluding hydrogens is 706 g/mol. The van der Waals surface area contributed by atoms with Gasteiger partial charge in [-0.2, -0.15) is 0 Å². The molecule has 0 aromatic heterocycles. The first kappa shape index (κ1) is 45.0. The van der Waals surface area contributed by atoms with Crippen molar-refractivity contribution in [1.29, 1.82) is 0 Å². The smallest absolute Gasteiger partial charge is 0.329 e. The molecule has 0 unspecified atom stereocenters. The Kier molecular flexibility index (Phi) is 16.4. The van der Waals surface area contributed by atoms with Crippen LogP contribution in [0.15, 0.2) is 35.5 Å². The van der Waals surface area contributed by atoms with Crippen molar-refractivity contribution in [3.63, 3.8) is 0 Å². The Morgan fingerprint density at radius 3 is 2.29 bits per heavy atom. The Balaban J connectivity index is 1.76. The third kappa shape index (κ3) is 10.8. The molecule has 0 aromatic carbocycles. The highest BCUT2D eigenvalue weighted by Gasteiger charge is 2.56. The summed E-state index contributed by atoms with van der Waals surface area (Å²) in [6.07, 6.45) is 9.26. The monoisotopic (exact) mass is 773 g/mol. The van der Waals surface area contributed by atoms with Crippen LogP contribution in [0.3, 0.4) is 0 Å². The molecule has 12 heteroatoms. The van der Waals surface area contributed by atoms with Gasteiger partial charge in [0.2, 0.25) is 5.79 Å². The number of hydrogen-bond acceptors (Lipinski definition) is 11. The summed E-state index contributed by atoms with van der Waals surface area (Å²) in [7, 11) is 4.68. The Labute approximate surface area is 328 Å². The van der Waals surface area contributed by atoms with Crippen molar-refractivity contribution in [2.45, 2.75) is 154 Å². The Morgan fingerprint density at radius 1 is 0.964 bits per heavy atom. The lowest BCUT2D eigenvalue weighted by molar-refractivity contribution is -0.302. The first-order valence-electron chi connectivity index (χ1n) is 20.4. The largest absolute Gasteiger partial charge is 0.456 e. The standard InChI is InChI=1S/C43H67NO11/c1-10-31-20-25(2)19-26(3)21-36(52-8)39-37(53-9)23-29(6)43(50,55-39)40(47)41(48)44-18-12-11-13-32(44)42(49)54-38(27(4)14-16-33(31)45)28(5)22-30-15-17-34(46)35(24-30)51-7/h14,16,20,22,26-27,29-32,34-39,46,50H,10-13,15,17-19,21,23-24H2,1-9H3/b16-14+,25-20+,28-22+/t26-,27+,29+,30-,31+,32-,34+,35+,36+,37-,38+,39+,43+/m0/s1. The molecule has 4 rings (SSSR count). The van der Waals surface area contributed by atoms with Crippen LogP contribution < -0.4 is 0 Å². The molecule has 3 aliphatic heterocycles. The van der Waals surface area contributed by atoms with Gasteiger partial charge in [0.05, 0.1) is 24.4 Å². The summed E-state index contributed by atoms with van der Waals surface area (Å²) < 4.78 is 29.8. The van der Waals surface area contributed by atoms with Gasteiger partial charge in [-0.1, -0.05) is 51.5 Å². The van der Waals surface area contributed by atoms with Gasteiger partial charge in [0.15, 0.2) is 5.78 Å². The second-order valence-electron chi connectivity index (χ2n) is 16.7. The van der Waals surface area contributed by atoms with Crippen LogP contribution in [0.4, 0.5) is 0 Å². The van der Waals surface area contributed by atoms with Crippen LogP contribution in [-0.2, 0) is 42.9 Å². The third-order valence-electron chi connectivity index (χ3n) is 12.4. The van der Waals surface area contributed by atoms with Gasteiger partial charge in [0, 0.05) is 45.6 Å². The molecule has 3 fully saturated rings. The first-order valence-corrected chi connectivity index (χ1v) is 20.4.